The zero-order valence-corrected chi connectivity index (χ0v) is 8.57. The second-order valence-electron chi connectivity index (χ2n) is 4.13. The van der Waals surface area contributed by atoms with Gasteiger partial charge in [-0.3, -0.25) is 4.79 Å². The number of benzene rings is 1. The number of nitrogens with two attached hydrogens (primary N) is 1. The first-order chi connectivity index (χ1) is 7.66. The van der Waals surface area contributed by atoms with E-state index in [4.69, 9.17) is 10.5 Å². The van der Waals surface area contributed by atoms with Gasteiger partial charge in [0.25, 0.3) is 5.91 Å². The van der Waals surface area contributed by atoms with Crippen molar-refractivity contribution in [3.8, 4) is 5.75 Å². The first-order valence-corrected chi connectivity index (χ1v) is 5.20. The summed E-state index contributed by atoms with van der Waals surface area (Å²) < 4.78 is 18.4. The van der Waals surface area contributed by atoms with E-state index in [9.17, 15) is 9.18 Å². The van der Waals surface area contributed by atoms with Crippen LogP contribution in [0.4, 0.5) is 15.8 Å². The average Bonchev–Trinajstić information content (AvgIpc) is 3.04. The molecule has 2 N–H and O–H groups in total. The zero-order valence-electron chi connectivity index (χ0n) is 8.57. The molecule has 3 rings (SSSR count). The Hall–Kier alpha value is -1.78. The summed E-state index contributed by atoms with van der Waals surface area (Å²) >= 11 is 0. The van der Waals surface area contributed by atoms with Crippen molar-refractivity contribution in [3.63, 3.8) is 0 Å². The number of amides is 1. The van der Waals surface area contributed by atoms with Gasteiger partial charge in [0.05, 0.1) is 11.4 Å². The summed E-state index contributed by atoms with van der Waals surface area (Å²) in [5.41, 5.74) is 6.14. The Morgan fingerprint density at radius 2 is 2.19 bits per heavy atom. The number of ether oxygens (including phenoxy) is 1. The second-order valence-corrected chi connectivity index (χ2v) is 4.13. The molecule has 1 amide bonds. The van der Waals surface area contributed by atoms with Crippen LogP contribution in [0.2, 0.25) is 0 Å². The van der Waals surface area contributed by atoms with Crippen molar-refractivity contribution in [2.24, 2.45) is 0 Å². The summed E-state index contributed by atoms with van der Waals surface area (Å²) in [6.07, 6.45) is 1.98. The highest BCUT2D eigenvalue weighted by atomic mass is 19.1. The Bertz CT molecular complexity index is 471. The number of anilines is 2. The minimum absolute atomic E-state index is 0.0210. The van der Waals surface area contributed by atoms with Gasteiger partial charge in [-0.2, -0.15) is 0 Å². The monoisotopic (exact) mass is 222 g/mol. The molecule has 1 aromatic carbocycles. The quantitative estimate of drug-likeness (QED) is 0.728. The van der Waals surface area contributed by atoms with Gasteiger partial charge in [0.1, 0.15) is 11.6 Å². The van der Waals surface area contributed by atoms with Gasteiger partial charge in [-0.1, -0.05) is 0 Å². The number of halogens is 1. The van der Waals surface area contributed by atoms with E-state index in [1.165, 1.54) is 12.1 Å². The molecule has 1 fully saturated rings. The van der Waals surface area contributed by atoms with Crippen LogP contribution in [0.5, 0.6) is 5.75 Å². The number of hydrogen-bond acceptors (Lipinski definition) is 3. The van der Waals surface area contributed by atoms with Crippen molar-refractivity contribution in [1.82, 2.24) is 0 Å². The number of nitrogens with zero attached hydrogens (tertiary/aromatic N) is 1. The van der Waals surface area contributed by atoms with Gasteiger partial charge < -0.3 is 15.4 Å². The van der Waals surface area contributed by atoms with Gasteiger partial charge in [0.2, 0.25) is 0 Å². The van der Waals surface area contributed by atoms with Crippen LogP contribution >= 0.6 is 0 Å². The number of carbonyl (C=O) groups is 1. The zero-order chi connectivity index (χ0) is 11.3. The maximum Gasteiger partial charge on any atom is 0.265 e. The molecule has 0 saturated heterocycles. The van der Waals surface area contributed by atoms with E-state index in [1.54, 1.807) is 4.90 Å². The van der Waals surface area contributed by atoms with Gasteiger partial charge >= 0.3 is 0 Å². The number of hydrogen-bond donors (Lipinski definition) is 1. The Balaban J connectivity index is 2.11. The van der Waals surface area contributed by atoms with E-state index in [2.05, 4.69) is 0 Å². The molecule has 84 valence electrons. The average molecular weight is 222 g/mol. The van der Waals surface area contributed by atoms with Crippen molar-refractivity contribution >= 4 is 17.3 Å². The normalized spacial score (nSPS) is 19.3. The summed E-state index contributed by atoms with van der Waals surface area (Å²) in [7, 11) is 0. The van der Waals surface area contributed by atoms with Crippen molar-refractivity contribution < 1.29 is 13.9 Å². The van der Waals surface area contributed by atoms with Crippen LogP contribution in [0.3, 0.4) is 0 Å². The Labute approximate surface area is 91.8 Å². The summed E-state index contributed by atoms with van der Waals surface area (Å²) in [4.78, 5) is 13.4. The smallest absolute Gasteiger partial charge is 0.265 e. The molecule has 1 aliphatic carbocycles. The maximum absolute atomic E-state index is 13.2. The van der Waals surface area contributed by atoms with Gasteiger partial charge in [0.15, 0.2) is 6.61 Å². The van der Waals surface area contributed by atoms with Gasteiger partial charge in [-0.15, -0.1) is 0 Å². The van der Waals surface area contributed by atoms with Crippen molar-refractivity contribution in [1.29, 1.82) is 0 Å². The third kappa shape index (κ3) is 1.31. The molecule has 1 aromatic rings. The van der Waals surface area contributed by atoms with E-state index in [-0.39, 0.29) is 24.2 Å². The molecule has 0 aromatic heterocycles. The topological polar surface area (TPSA) is 55.6 Å². The van der Waals surface area contributed by atoms with Gasteiger partial charge in [-0.05, 0) is 18.9 Å². The number of rotatable bonds is 1. The SMILES string of the molecule is Nc1cc2c(cc1F)OCC(=O)N2C1CC1. The van der Waals surface area contributed by atoms with Crippen LogP contribution in [-0.4, -0.2) is 18.6 Å². The predicted octanol–water partition coefficient (Wildman–Crippen LogP) is 1.30. The Morgan fingerprint density at radius 3 is 2.88 bits per heavy atom. The molecule has 2 aliphatic rings. The van der Waals surface area contributed by atoms with Crippen LogP contribution in [0.1, 0.15) is 12.8 Å². The minimum atomic E-state index is -0.510. The molecular formula is C11H11FN2O2. The third-order valence-corrected chi connectivity index (χ3v) is 2.87. The molecule has 16 heavy (non-hydrogen) atoms. The third-order valence-electron chi connectivity index (χ3n) is 2.87. The van der Waals surface area contributed by atoms with Crippen LogP contribution in [0, 0.1) is 5.82 Å². The fourth-order valence-electron chi connectivity index (χ4n) is 1.94. The fraction of sp³-hybridized carbons (Fsp3) is 0.364. The van der Waals surface area contributed by atoms with E-state index in [0.29, 0.717) is 11.4 Å². The summed E-state index contributed by atoms with van der Waals surface area (Å²) in [5.74, 6) is -0.192. The lowest BCUT2D eigenvalue weighted by Crippen LogP contribution is -2.40. The highest BCUT2D eigenvalue weighted by Gasteiger charge is 2.38. The molecule has 1 saturated carbocycles. The summed E-state index contributed by atoms with van der Waals surface area (Å²) in [5, 5.41) is 0. The van der Waals surface area contributed by atoms with E-state index in [0.717, 1.165) is 12.8 Å². The van der Waals surface area contributed by atoms with E-state index >= 15 is 0 Å². The molecule has 0 bridgehead atoms. The minimum Gasteiger partial charge on any atom is -0.481 e. The molecule has 4 nitrogen and oxygen atoms in total. The molecule has 0 atom stereocenters. The first-order valence-electron chi connectivity index (χ1n) is 5.20. The predicted molar refractivity (Wildman–Crippen MR) is 56.8 cm³/mol. The van der Waals surface area contributed by atoms with Crippen LogP contribution < -0.4 is 15.4 Å². The molecule has 1 aliphatic heterocycles. The van der Waals surface area contributed by atoms with Crippen LogP contribution in [0.15, 0.2) is 12.1 Å². The number of nitrogen functional groups attached to an aromatic ring is 1. The highest BCUT2D eigenvalue weighted by molar-refractivity contribution is 5.99. The van der Waals surface area contributed by atoms with E-state index < -0.39 is 5.82 Å². The number of fused-ring (bicyclic) bond motifs is 1. The van der Waals surface area contributed by atoms with Crippen molar-refractivity contribution in [2.45, 2.75) is 18.9 Å². The molecule has 5 heteroatoms. The highest BCUT2D eigenvalue weighted by Crippen LogP contribution is 2.41. The molecular weight excluding hydrogens is 211 g/mol. The lowest BCUT2D eigenvalue weighted by molar-refractivity contribution is -0.121. The first kappa shape index (κ1) is 9.45. The van der Waals surface area contributed by atoms with Crippen LogP contribution in [-0.2, 0) is 4.79 Å². The standard InChI is InChI=1S/C11H11FN2O2/c12-7-3-10-9(4-8(7)13)14(6-1-2-6)11(15)5-16-10/h3-4,6H,1-2,5,13H2. The Kier molecular flexibility index (Phi) is 1.83. The number of carbonyl (C=O) groups excluding carboxylic acids is 1. The molecule has 0 spiro atoms. The lowest BCUT2D eigenvalue weighted by Gasteiger charge is -2.29. The van der Waals surface area contributed by atoms with Crippen LogP contribution in [0.25, 0.3) is 0 Å². The molecule has 0 radical (unpaired) electrons. The largest absolute Gasteiger partial charge is 0.481 e. The fourth-order valence-corrected chi connectivity index (χ4v) is 1.94. The van der Waals surface area contributed by atoms with E-state index in [1.807, 2.05) is 0 Å². The lowest BCUT2D eigenvalue weighted by atomic mass is 10.2. The van der Waals surface area contributed by atoms with Gasteiger partial charge in [-0.25, -0.2) is 4.39 Å². The molecule has 0 unspecified atom stereocenters. The summed E-state index contributed by atoms with van der Waals surface area (Å²) in [6, 6.07) is 2.95. The Morgan fingerprint density at radius 1 is 1.44 bits per heavy atom. The van der Waals surface area contributed by atoms with Crippen molar-refractivity contribution in [3.05, 3.63) is 17.9 Å². The second kappa shape index (κ2) is 3.10. The summed E-state index contributed by atoms with van der Waals surface area (Å²) in [6.45, 7) is -0.0210. The van der Waals surface area contributed by atoms with Crippen molar-refractivity contribution in [2.75, 3.05) is 17.2 Å². The molecule has 1 heterocycles. The maximum atomic E-state index is 13.2. The van der Waals surface area contributed by atoms with Gasteiger partial charge in [0, 0.05) is 12.1 Å².